The lowest BCUT2D eigenvalue weighted by Gasteiger charge is -2.10. The number of methoxy groups -OCH3 is 1. The maximum atomic E-state index is 11.9. The van der Waals surface area contributed by atoms with Crippen molar-refractivity contribution in [2.75, 3.05) is 22.9 Å². The van der Waals surface area contributed by atoms with E-state index in [0.717, 1.165) is 23.5 Å². The highest BCUT2D eigenvalue weighted by molar-refractivity contribution is 7.92. The van der Waals surface area contributed by atoms with E-state index in [9.17, 15) is 8.42 Å². The van der Waals surface area contributed by atoms with Crippen molar-refractivity contribution >= 4 is 27.1 Å². The Balaban J connectivity index is 1.98. The highest BCUT2D eigenvalue weighted by Gasteiger charge is 2.09. The van der Waals surface area contributed by atoms with Crippen LogP contribution in [0.1, 0.15) is 19.8 Å². The van der Waals surface area contributed by atoms with Crippen molar-refractivity contribution in [2.45, 2.75) is 19.8 Å². The molecule has 6 heteroatoms. The van der Waals surface area contributed by atoms with Gasteiger partial charge in [0.1, 0.15) is 5.75 Å². The number of ether oxygens (including phenoxy) is 1. The van der Waals surface area contributed by atoms with Crippen LogP contribution in [-0.2, 0) is 10.0 Å². The maximum absolute atomic E-state index is 11.9. The highest BCUT2D eigenvalue weighted by atomic mass is 32.2. The summed E-state index contributed by atoms with van der Waals surface area (Å²) in [6.45, 7) is 1.97. The summed E-state index contributed by atoms with van der Waals surface area (Å²) in [6.07, 6.45) is 1.51. The van der Waals surface area contributed by atoms with Crippen LogP contribution in [0.3, 0.4) is 0 Å². The van der Waals surface area contributed by atoms with E-state index in [4.69, 9.17) is 4.74 Å². The second-order valence-corrected chi connectivity index (χ2v) is 7.05. The van der Waals surface area contributed by atoms with Gasteiger partial charge >= 0.3 is 0 Å². The van der Waals surface area contributed by atoms with Crippen LogP contribution in [0, 0.1) is 0 Å². The number of nitrogens with one attached hydrogen (secondary N) is 2. The van der Waals surface area contributed by atoms with Crippen LogP contribution in [-0.4, -0.2) is 21.3 Å². The summed E-state index contributed by atoms with van der Waals surface area (Å²) in [7, 11) is -1.63. The van der Waals surface area contributed by atoms with Crippen LogP contribution in [0.2, 0.25) is 0 Å². The summed E-state index contributed by atoms with van der Waals surface area (Å²) in [5, 5.41) is 3.25. The molecule has 0 spiro atoms. The molecule has 0 atom stereocenters. The van der Waals surface area contributed by atoms with Crippen molar-refractivity contribution in [3.8, 4) is 5.75 Å². The molecule has 23 heavy (non-hydrogen) atoms. The molecular formula is C17H22N2O3S. The molecule has 0 amide bonds. The van der Waals surface area contributed by atoms with Crippen molar-refractivity contribution < 1.29 is 13.2 Å². The third kappa shape index (κ3) is 5.49. The molecule has 0 aliphatic rings. The molecule has 0 saturated heterocycles. The number of sulfonamides is 1. The van der Waals surface area contributed by atoms with Crippen LogP contribution in [0.5, 0.6) is 5.75 Å². The van der Waals surface area contributed by atoms with E-state index in [1.165, 1.54) is 0 Å². The average molecular weight is 334 g/mol. The number of hydrogen-bond donors (Lipinski definition) is 2. The minimum atomic E-state index is -3.26. The standard InChI is InChI=1S/C17H22N2O3S/c1-3-4-13-23(20,21)19-16-7-5-14(6-8-16)18-15-9-11-17(22-2)12-10-15/h5-12,18-19H,3-4,13H2,1-2H3. The normalized spacial score (nSPS) is 11.0. The Morgan fingerprint density at radius 2 is 1.43 bits per heavy atom. The van der Waals surface area contributed by atoms with Gasteiger partial charge in [-0.1, -0.05) is 13.3 Å². The topological polar surface area (TPSA) is 67.4 Å². The molecule has 2 aromatic rings. The molecule has 0 aromatic heterocycles. The fourth-order valence-corrected chi connectivity index (χ4v) is 3.29. The van der Waals surface area contributed by atoms with Crippen molar-refractivity contribution in [1.29, 1.82) is 0 Å². The quantitative estimate of drug-likeness (QED) is 0.766. The SMILES string of the molecule is CCCCS(=O)(=O)Nc1ccc(Nc2ccc(OC)cc2)cc1. The molecule has 0 aliphatic heterocycles. The zero-order valence-electron chi connectivity index (χ0n) is 13.4. The first kappa shape index (κ1) is 17.1. The van der Waals surface area contributed by atoms with Crippen molar-refractivity contribution in [3.63, 3.8) is 0 Å². The number of anilines is 3. The van der Waals surface area contributed by atoms with E-state index in [2.05, 4.69) is 10.0 Å². The smallest absolute Gasteiger partial charge is 0.232 e. The van der Waals surface area contributed by atoms with Crippen molar-refractivity contribution in [3.05, 3.63) is 48.5 Å². The van der Waals surface area contributed by atoms with Crippen molar-refractivity contribution in [1.82, 2.24) is 0 Å². The van der Waals surface area contributed by atoms with Gasteiger partial charge in [0.05, 0.1) is 12.9 Å². The molecule has 0 fully saturated rings. The minimum Gasteiger partial charge on any atom is -0.497 e. The van der Waals surface area contributed by atoms with Gasteiger partial charge in [0.25, 0.3) is 0 Å². The van der Waals surface area contributed by atoms with Gasteiger partial charge in [-0.3, -0.25) is 4.72 Å². The molecule has 0 bridgehead atoms. The summed E-state index contributed by atoms with van der Waals surface area (Å²) in [5.41, 5.74) is 2.38. The molecule has 2 N–H and O–H groups in total. The Kier molecular flexibility index (Phi) is 5.87. The number of unbranched alkanes of at least 4 members (excludes halogenated alkanes) is 1. The molecule has 2 rings (SSSR count). The second kappa shape index (κ2) is 7.87. The molecule has 0 saturated carbocycles. The maximum Gasteiger partial charge on any atom is 0.232 e. The Bertz CT molecular complexity index is 711. The van der Waals surface area contributed by atoms with Gasteiger partial charge in [-0.25, -0.2) is 8.42 Å². The largest absolute Gasteiger partial charge is 0.497 e. The summed E-state index contributed by atoms with van der Waals surface area (Å²) >= 11 is 0. The summed E-state index contributed by atoms with van der Waals surface area (Å²) in [6, 6.07) is 14.7. The number of hydrogen-bond acceptors (Lipinski definition) is 4. The molecular weight excluding hydrogens is 312 g/mol. The molecule has 0 aliphatic carbocycles. The van der Waals surface area contributed by atoms with E-state index >= 15 is 0 Å². The number of benzene rings is 2. The van der Waals surface area contributed by atoms with Crippen LogP contribution in [0.4, 0.5) is 17.1 Å². The first-order chi connectivity index (χ1) is 11.0. The zero-order chi connectivity index (χ0) is 16.7. The summed E-state index contributed by atoms with van der Waals surface area (Å²) in [5.74, 6) is 0.947. The molecule has 2 aromatic carbocycles. The van der Waals surface area contributed by atoms with Gasteiger partial charge in [0, 0.05) is 17.1 Å². The third-order valence-corrected chi connectivity index (χ3v) is 4.68. The second-order valence-electron chi connectivity index (χ2n) is 5.21. The molecule has 0 unspecified atom stereocenters. The van der Waals surface area contributed by atoms with E-state index in [1.807, 2.05) is 43.3 Å². The van der Waals surface area contributed by atoms with Gasteiger partial charge in [0.15, 0.2) is 0 Å². The monoisotopic (exact) mass is 334 g/mol. The van der Waals surface area contributed by atoms with E-state index in [0.29, 0.717) is 12.1 Å². The Morgan fingerprint density at radius 3 is 1.96 bits per heavy atom. The van der Waals surface area contributed by atoms with Gasteiger partial charge in [0.2, 0.25) is 10.0 Å². The van der Waals surface area contributed by atoms with E-state index in [-0.39, 0.29) is 5.75 Å². The molecule has 124 valence electrons. The van der Waals surface area contributed by atoms with Crippen molar-refractivity contribution in [2.24, 2.45) is 0 Å². The number of rotatable bonds is 8. The lowest BCUT2D eigenvalue weighted by Crippen LogP contribution is -2.16. The predicted octanol–water partition coefficient (Wildman–Crippen LogP) is 3.98. The summed E-state index contributed by atoms with van der Waals surface area (Å²) in [4.78, 5) is 0. The van der Waals surface area contributed by atoms with Crippen LogP contribution in [0.25, 0.3) is 0 Å². The molecule has 0 heterocycles. The van der Waals surface area contributed by atoms with E-state index in [1.54, 1.807) is 19.2 Å². The first-order valence-electron chi connectivity index (χ1n) is 7.54. The Labute approximate surface area is 137 Å². The van der Waals surface area contributed by atoms with Gasteiger partial charge in [-0.15, -0.1) is 0 Å². The van der Waals surface area contributed by atoms with Crippen LogP contribution in [0.15, 0.2) is 48.5 Å². The van der Waals surface area contributed by atoms with Gasteiger partial charge in [-0.2, -0.15) is 0 Å². The van der Waals surface area contributed by atoms with Gasteiger partial charge < -0.3 is 10.1 Å². The van der Waals surface area contributed by atoms with Crippen LogP contribution < -0.4 is 14.8 Å². The lowest BCUT2D eigenvalue weighted by atomic mass is 10.2. The van der Waals surface area contributed by atoms with Crippen LogP contribution >= 0.6 is 0 Å². The molecule has 0 radical (unpaired) electrons. The highest BCUT2D eigenvalue weighted by Crippen LogP contribution is 2.21. The summed E-state index contributed by atoms with van der Waals surface area (Å²) < 4.78 is 31.4. The predicted molar refractivity (Wildman–Crippen MR) is 95.0 cm³/mol. The lowest BCUT2D eigenvalue weighted by molar-refractivity contribution is 0.415. The fraction of sp³-hybridized carbons (Fsp3) is 0.294. The Hall–Kier alpha value is -2.21. The third-order valence-electron chi connectivity index (χ3n) is 3.30. The first-order valence-corrected chi connectivity index (χ1v) is 9.19. The fourth-order valence-electron chi connectivity index (χ4n) is 2.03. The van der Waals surface area contributed by atoms with Gasteiger partial charge in [-0.05, 0) is 55.0 Å². The Morgan fingerprint density at radius 1 is 0.913 bits per heavy atom. The zero-order valence-corrected chi connectivity index (χ0v) is 14.2. The minimum absolute atomic E-state index is 0.148. The molecule has 5 nitrogen and oxygen atoms in total. The average Bonchev–Trinajstić information content (AvgIpc) is 2.55. The van der Waals surface area contributed by atoms with E-state index < -0.39 is 10.0 Å².